The van der Waals surface area contributed by atoms with Gasteiger partial charge in [0, 0.05) is 6.61 Å². The minimum Gasteiger partial charge on any atom is -0.379 e. The maximum absolute atomic E-state index is 6.19. The zero-order valence-corrected chi connectivity index (χ0v) is 8.84. The topological polar surface area (TPSA) is 44.5 Å². The summed E-state index contributed by atoms with van der Waals surface area (Å²) in [5, 5.41) is 0. The molecular formula is C11H21NO2. The molecule has 1 unspecified atom stereocenters. The molecule has 0 radical (unpaired) electrons. The van der Waals surface area contributed by atoms with Gasteiger partial charge in [-0.3, -0.25) is 0 Å². The lowest BCUT2D eigenvalue weighted by Crippen LogP contribution is -2.51. The Morgan fingerprint density at radius 3 is 2.71 bits per heavy atom. The van der Waals surface area contributed by atoms with Gasteiger partial charge in [0.1, 0.15) is 0 Å². The van der Waals surface area contributed by atoms with E-state index in [1.54, 1.807) is 0 Å². The fourth-order valence-electron chi connectivity index (χ4n) is 2.33. The van der Waals surface area contributed by atoms with Gasteiger partial charge >= 0.3 is 0 Å². The smallest absolute Gasteiger partial charge is 0.0672 e. The number of nitrogens with two attached hydrogens (primary N) is 1. The molecule has 0 bridgehead atoms. The molecule has 2 aliphatic rings. The lowest BCUT2D eigenvalue weighted by atomic mass is 9.95. The monoisotopic (exact) mass is 199 g/mol. The molecule has 14 heavy (non-hydrogen) atoms. The average Bonchev–Trinajstić information content (AvgIpc) is 2.69. The standard InChI is InChI=1S/C11H21NO2/c12-11(6-3-7-13-8-11)9-14-10-4-1-2-5-10/h10H,1-9,12H2. The summed E-state index contributed by atoms with van der Waals surface area (Å²) in [6.07, 6.45) is 7.66. The van der Waals surface area contributed by atoms with Gasteiger partial charge in [-0.1, -0.05) is 12.8 Å². The minimum atomic E-state index is -0.207. The fraction of sp³-hybridized carbons (Fsp3) is 1.00. The third-order valence-corrected chi connectivity index (χ3v) is 3.26. The van der Waals surface area contributed by atoms with Crippen molar-refractivity contribution in [2.24, 2.45) is 5.73 Å². The fourth-order valence-corrected chi connectivity index (χ4v) is 2.33. The van der Waals surface area contributed by atoms with Crippen LogP contribution in [0.3, 0.4) is 0 Å². The van der Waals surface area contributed by atoms with Gasteiger partial charge < -0.3 is 15.2 Å². The van der Waals surface area contributed by atoms with Gasteiger partial charge in [-0.05, 0) is 25.7 Å². The van der Waals surface area contributed by atoms with Crippen LogP contribution in [0.1, 0.15) is 38.5 Å². The van der Waals surface area contributed by atoms with Crippen molar-refractivity contribution in [3.63, 3.8) is 0 Å². The molecule has 1 aliphatic carbocycles. The molecule has 1 saturated carbocycles. The van der Waals surface area contributed by atoms with Crippen LogP contribution in [0.15, 0.2) is 0 Å². The maximum Gasteiger partial charge on any atom is 0.0672 e. The van der Waals surface area contributed by atoms with E-state index in [0.29, 0.717) is 19.3 Å². The van der Waals surface area contributed by atoms with Gasteiger partial charge in [0.25, 0.3) is 0 Å². The predicted octanol–water partition coefficient (Wildman–Crippen LogP) is 1.45. The molecule has 0 aromatic heterocycles. The molecule has 2 fully saturated rings. The van der Waals surface area contributed by atoms with Crippen molar-refractivity contribution >= 4 is 0 Å². The van der Waals surface area contributed by atoms with E-state index in [1.807, 2.05) is 0 Å². The molecule has 1 aliphatic heterocycles. The zero-order valence-electron chi connectivity index (χ0n) is 8.84. The lowest BCUT2D eigenvalue weighted by Gasteiger charge is -2.33. The second-order valence-corrected chi connectivity index (χ2v) is 4.74. The quantitative estimate of drug-likeness (QED) is 0.748. The Kier molecular flexibility index (Phi) is 3.42. The lowest BCUT2D eigenvalue weighted by molar-refractivity contribution is -0.0350. The summed E-state index contributed by atoms with van der Waals surface area (Å²) in [6.45, 7) is 2.21. The normalized spacial score (nSPS) is 34.9. The van der Waals surface area contributed by atoms with E-state index in [4.69, 9.17) is 15.2 Å². The van der Waals surface area contributed by atoms with E-state index in [9.17, 15) is 0 Å². The molecule has 1 heterocycles. The van der Waals surface area contributed by atoms with Crippen molar-refractivity contribution in [1.29, 1.82) is 0 Å². The van der Waals surface area contributed by atoms with Crippen molar-refractivity contribution in [2.75, 3.05) is 19.8 Å². The summed E-state index contributed by atoms with van der Waals surface area (Å²) < 4.78 is 11.2. The Labute approximate surface area is 85.9 Å². The first-order chi connectivity index (χ1) is 6.79. The Morgan fingerprint density at radius 1 is 1.29 bits per heavy atom. The van der Waals surface area contributed by atoms with Crippen LogP contribution in [-0.2, 0) is 9.47 Å². The first-order valence-corrected chi connectivity index (χ1v) is 5.77. The van der Waals surface area contributed by atoms with E-state index in [0.717, 1.165) is 19.4 Å². The zero-order chi connectivity index (χ0) is 9.86. The van der Waals surface area contributed by atoms with Crippen molar-refractivity contribution in [3.05, 3.63) is 0 Å². The van der Waals surface area contributed by atoms with E-state index in [2.05, 4.69) is 0 Å². The van der Waals surface area contributed by atoms with Crippen LogP contribution in [0.5, 0.6) is 0 Å². The van der Waals surface area contributed by atoms with E-state index >= 15 is 0 Å². The second kappa shape index (κ2) is 4.60. The summed E-state index contributed by atoms with van der Waals surface area (Å²) in [6, 6.07) is 0. The highest BCUT2D eigenvalue weighted by Crippen LogP contribution is 2.23. The molecule has 3 heteroatoms. The van der Waals surface area contributed by atoms with Crippen molar-refractivity contribution in [3.8, 4) is 0 Å². The average molecular weight is 199 g/mol. The Hall–Kier alpha value is -0.120. The molecule has 2 rings (SSSR count). The summed E-state index contributed by atoms with van der Waals surface area (Å²) in [5.74, 6) is 0. The van der Waals surface area contributed by atoms with Gasteiger partial charge in [0.05, 0.1) is 24.9 Å². The first kappa shape index (κ1) is 10.4. The van der Waals surface area contributed by atoms with Gasteiger partial charge in [0.2, 0.25) is 0 Å². The Morgan fingerprint density at radius 2 is 2.07 bits per heavy atom. The molecule has 1 atom stereocenters. The minimum absolute atomic E-state index is 0.207. The summed E-state index contributed by atoms with van der Waals surface area (Å²) >= 11 is 0. The number of rotatable bonds is 3. The van der Waals surface area contributed by atoms with Gasteiger partial charge in [0.15, 0.2) is 0 Å². The van der Waals surface area contributed by atoms with Crippen molar-refractivity contribution < 1.29 is 9.47 Å². The van der Waals surface area contributed by atoms with E-state index in [1.165, 1.54) is 25.7 Å². The van der Waals surface area contributed by atoms with Crippen molar-refractivity contribution in [1.82, 2.24) is 0 Å². The molecule has 0 aromatic carbocycles. The van der Waals surface area contributed by atoms with E-state index in [-0.39, 0.29) is 5.54 Å². The van der Waals surface area contributed by atoms with Crippen LogP contribution in [-0.4, -0.2) is 31.5 Å². The third-order valence-electron chi connectivity index (χ3n) is 3.26. The molecule has 0 aromatic rings. The molecule has 0 amide bonds. The Balaban J connectivity index is 1.72. The van der Waals surface area contributed by atoms with Crippen molar-refractivity contribution in [2.45, 2.75) is 50.2 Å². The summed E-state index contributed by atoms with van der Waals surface area (Å²) in [7, 11) is 0. The van der Waals surface area contributed by atoms with E-state index < -0.39 is 0 Å². The first-order valence-electron chi connectivity index (χ1n) is 5.77. The van der Waals surface area contributed by atoms with Crippen LogP contribution in [0.25, 0.3) is 0 Å². The summed E-state index contributed by atoms with van der Waals surface area (Å²) in [4.78, 5) is 0. The third kappa shape index (κ3) is 2.69. The molecule has 82 valence electrons. The molecule has 1 saturated heterocycles. The van der Waals surface area contributed by atoms with Crippen LogP contribution < -0.4 is 5.73 Å². The highest BCUT2D eigenvalue weighted by atomic mass is 16.5. The highest BCUT2D eigenvalue weighted by Gasteiger charge is 2.30. The van der Waals surface area contributed by atoms with Gasteiger partial charge in [-0.15, -0.1) is 0 Å². The molecule has 3 nitrogen and oxygen atoms in total. The predicted molar refractivity (Wildman–Crippen MR) is 55.2 cm³/mol. The molecule has 0 spiro atoms. The van der Waals surface area contributed by atoms with Gasteiger partial charge in [-0.2, -0.15) is 0 Å². The largest absolute Gasteiger partial charge is 0.379 e. The number of hydrogen-bond donors (Lipinski definition) is 1. The second-order valence-electron chi connectivity index (χ2n) is 4.74. The maximum atomic E-state index is 6.19. The Bertz CT molecular complexity index is 172. The van der Waals surface area contributed by atoms with Crippen LogP contribution >= 0.6 is 0 Å². The SMILES string of the molecule is NC1(COC2CCCC2)CCCOC1. The summed E-state index contributed by atoms with van der Waals surface area (Å²) in [5.41, 5.74) is 5.98. The number of hydrogen-bond acceptors (Lipinski definition) is 3. The van der Waals surface area contributed by atoms with Crippen LogP contribution in [0.2, 0.25) is 0 Å². The molecular weight excluding hydrogens is 178 g/mol. The van der Waals surface area contributed by atoms with Crippen LogP contribution in [0, 0.1) is 0 Å². The van der Waals surface area contributed by atoms with Crippen LogP contribution in [0.4, 0.5) is 0 Å². The van der Waals surface area contributed by atoms with Gasteiger partial charge in [-0.25, -0.2) is 0 Å². The highest BCUT2D eigenvalue weighted by molar-refractivity contribution is 4.87. The molecule has 2 N–H and O–H groups in total. The number of ether oxygens (including phenoxy) is 2.